The lowest BCUT2D eigenvalue weighted by Gasteiger charge is -1.99. The van der Waals surface area contributed by atoms with Gasteiger partial charge in [-0.3, -0.25) is 4.68 Å². The van der Waals surface area contributed by atoms with E-state index < -0.39 is 0 Å². The molecular weight excluding hydrogens is 218 g/mol. The fourth-order valence-electron chi connectivity index (χ4n) is 1.11. The third-order valence-corrected chi connectivity index (χ3v) is 2.73. The molecule has 0 aliphatic heterocycles. The van der Waals surface area contributed by atoms with Crippen LogP contribution in [0.1, 0.15) is 18.3 Å². The fourth-order valence-corrected chi connectivity index (χ4v) is 1.54. The smallest absolute Gasteiger partial charge is 0.0783 e. The number of hydrogen-bond donors (Lipinski definition) is 0. The second-order valence-corrected chi connectivity index (χ2v) is 3.29. The van der Waals surface area contributed by atoms with Crippen LogP contribution in [-0.2, 0) is 13.0 Å². The van der Waals surface area contributed by atoms with Gasteiger partial charge < -0.3 is 0 Å². The predicted octanol–water partition coefficient (Wildman–Crippen LogP) is 2.04. The Labute approximate surface area is 80.1 Å². The van der Waals surface area contributed by atoms with Gasteiger partial charge in [0, 0.05) is 6.54 Å². The van der Waals surface area contributed by atoms with E-state index in [2.05, 4.69) is 27.1 Å². The van der Waals surface area contributed by atoms with Crippen molar-refractivity contribution in [3.8, 4) is 6.07 Å². The minimum Gasteiger partial charge on any atom is -0.267 e. The summed E-state index contributed by atoms with van der Waals surface area (Å²) in [6.07, 6.45) is 0.412. The van der Waals surface area contributed by atoms with Crippen LogP contribution in [0.5, 0.6) is 0 Å². The van der Waals surface area contributed by atoms with Crippen molar-refractivity contribution in [2.45, 2.75) is 26.8 Å². The Hall–Kier alpha value is -0.820. The van der Waals surface area contributed by atoms with Crippen molar-refractivity contribution in [3.05, 3.63) is 15.9 Å². The van der Waals surface area contributed by atoms with Crippen molar-refractivity contribution in [3.63, 3.8) is 0 Å². The standard InChI is InChI=1S/C8H10BrN3/c1-3-12-7(4-5-10)8(9)6(2)11-12/h3-4H2,1-2H3. The Kier molecular flexibility index (Phi) is 2.88. The topological polar surface area (TPSA) is 41.6 Å². The lowest BCUT2D eigenvalue weighted by Crippen LogP contribution is -2.01. The van der Waals surface area contributed by atoms with Crippen molar-refractivity contribution in [2.75, 3.05) is 0 Å². The molecule has 1 heterocycles. The number of rotatable bonds is 2. The van der Waals surface area contributed by atoms with Gasteiger partial charge >= 0.3 is 0 Å². The van der Waals surface area contributed by atoms with E-state index in [1.54, 1.807) is 0 Å². The molecule has 1 aromatic heterocycles. The molecule has 0 aromatic carbocycles. The highest BCUT2D eigenvalue weighted by Crippen LogP contribution is 2.20. The van der Waals surface area contributed by atoms with Crippen molar-refractivity contribution in [1.82, 2.24) is 9.78 Å². The monoisotopic (exact) mass is 227 g/mol. The summed E-state index contributed by atoms with van der Waals surface area (Å²) in [6.45, 7) is 4.75. The van der Waals surface area contributed by atoms with Crippen molar-refractivity contribution in [1.29, 1.82) is 5.26 Å². The molecule has 0 saturated heterocycles. The van der Waals surface area contributed by atoms with Gasteiger partial charge in [-0.1, -0.05) is 0 Å². The van der Waals surface area contributed by atoms with Gasteiger partial charge in [-0.25, -0.2) is 0 Å². The molecule has 0 aliphatic carbocycles. The quantitative estimate of drug-likeness (QED) is 0.777. The summed E-state index contributed by atoms with van der Waals surface area (Å²) < 4.78 is 2.81. The molecule has 0 N–H and O–H groups in total. The second-order valence-electron chi connectivity index (χ2n) is 2.50. The summed E-state index contributed by atoms with van der Waals surface area (Å²) in [7, 11) is 0. The zero-order chi connectivity index (χ0) is 9.14. The summed E-state index contributed by atoms with van der Waals surface area (Å²) >= 11 is 3.41. The lowest BCUT2D eigenvalue weighted by molar-refractivity contribution is 0.627. The molecule has 4 heteroatoms. The number of aromatic nitrogens is 2. The van der Waals surface area contributed by atoms with Crippen LogP contribution in [0.15, 0.2) is 4.47 Å². The van der Waals surface area contributed by atoms with Gasteiger partial charge in [-0.2, -0.15) is 10.4 Å². The first-order valence-electron chi connectivity index (χ1n) is 3.79. The highest BCUT2D eigenvalue weighted by Gasteiger charge is 2.10. The molecule has 1 aromatic rings. The Morgan fingerprint density at radius 1 is 1.67 bits per heavy atom. The van der Waals surface area contributed by atoms with Gasteiger partial charge in [0.1, 0.15) is 0 Å². The van der Waals surface area contributed by atoms with Gasteiger partial charge in [0.15, 0.2) is 0 Å². The summed E-state index contributed by atoms with van der Waals surface area (Å²) in [4.78, 5) is 0. The zero-order valence-electron chi connectivity index (χ0n) is 7.13. The van der Waals surface area contributed by atoms with E-state index in [1.165, 1.54) is 0 Å². The first kappa shape index (κ1) is 9.27. The second kappa shape index (κ2) is 3.72. The van der Waals surface area contributed by atoms with Crippen LogP contribution in [0.4, 0.5) is 0 Å². The third kappa shape index (κ3) is 1.51. The van der Waals surface area contributed by atoms with E-state index in [4.69, 9.17) is 5.26 Å². The van der Waals surface area contributed by atoms with Crippen molar-refractivity contribution >= 4 is 15.9 Å². The molecule has 64 valence electrons. The molecule has 0 saturated carbocycles. The molecule has 0 radical (unpaired) electrons. The first-order chi connectivity index (χ1) is 5.70. The van der Waals surface area contributed by atoms with Gasteiger partial charge in [-0.15, -0.1) is 0 Å². The molecule has 0 amide bonds. The Bertz CT molecular complexity index is 322. The average Bonchev–Trinajstić information content (AvgIpc) is 2.33. The summed E-state index contributed by atoms with van der Waals surface area (Å²) in [5, 5.41) is 12.8. The fraction of sp³-hybridized carbons (Fsp3) is 0.500. The van der Waals surface area contributed by atoms with Gasteiger partial charge in [0.05, 0.1) is 28.4 Å². The largest absolute Gasteiger partial charge is 0.267 e. The average molecular weight is 228 g/mol. The maximum atomic E-state index is 8.56. The summed E-state index contributed by atoms with van der Waals surface area (Å²) in [5.74, 6) is 0. The molecular formula is C8H10BrN3. The van der Waals surface area contributed by atoms with E-state index in [9.17, 15) is 0 Å². The van der Waals surface area contributed by atoms with E-state index in [0.29, 0.717) is 6.42 Å². The molecule has 0 bridgehead atoms. The molecule has 3 nitrogen and oxygen atoms in total. The number of aryl methyl sites for hydroxylation is 2. The molecule has 0 atom stereocenters. The molecule has 12 heavy (non-hydrogen) atoms. The first-order valence-corrected chi connectivity index (χ1v) is 4.58. The Morgan fingerprint density at radius 3 is 2.83 bits per heavy atom. The normalized spacial score (nSPS) is 9.83. The van der Waals surface area contributed by atoms with Gasteiger partial charge in [0.2, 0.25) is 0 Å². The molecule has 0 spiro atoms. The van der Waals surface area contributed by atoms with Gasteiger partial charge in [-0.05, 0) is 29.8 Å². The maximum absolute atomic E-state index is 8.56. The van der Waals surface area contributed by atoms with Crippen LogP contribution in [0, 0.1) is 18.3 Å². The third-order valence-electron chi connectivity index (χ3n) is 1.70. The van der Waals surface area contributed by atoms with E-state index in [0.717, 1.165) is 22.4 Å². The minimum atomic E-state index is 0.412. The Morgan fingerprint density at radius 2 is 2.33 bits per heavy atom. The molecule has 0 unspecified atom stereocenters. The van der Waals surface area contributed by atoms with Crippen LogP contribution in [0.25, 0.3) is 0 Å². The van der Waals surface area contributed by atoms with Crippen LogP contribution in [0.2, 0.25) is 0 Å². The van der Waals surface area contributed by atoms with Crippen LogP contribution in [-0.4, -0.2) is 9.78 Å². The van der Waals surface area contributed by atoms with Crippen LogP contribution < -0.4 is 0 Å². The number of halogens is 1. The maximum Gasteiger partial charge on any atom is 0.0783 e. The summed E-state index contributed by atoms with van der Waals surface area (Å²) in [6, 6.07) is 2.12. The van der Waals surface area contributed by atoms with E-state index in [-0.39, 0.29) is 0 Å². The molecule has 0 aliphatic rings. The Balaban J connectivity index is 3.14. The highest BCUT2D eigenvalue weighted by atomic mass is 79.9. The van der Waals surface area contributed by atoms with Crippen LogP contribution >= 0.6 is 15.9 Å². The number of nitrogens with zero attached hydrogens (tertiary/aromatic N) is 3. The number of hydrogen-bond acceptors (Lipinski definition) is 2. The van der Waals surface area contributed by atoms with Crippen LogP contribution in [0.3, 0.4) is 0 Å². The van der Waals surface area contributed by atoms with E-state index >= 15 is 0 Å². The number of nitriles is 1. The highest BCUT2D eigenvalue weighted by molar-refractivity contribution is 9.10. The SMILES string of the molecule is CCn1nc(C)c(Br)c1CC#N. The lowest BCUT2D eigenvalue weighted by atomic mass is 10.3. The summed E-state index contributed by atoms with van der Waals surface area (Å²) in [5.41, 5.74) is 1.92. The van der Waals surface area contributed by atoms with E-state index in [1.807, 2.05) is 18.5 Å². The minimum absolute atomic E-state index is 0.412. The molecule has 1 rings (SSSR count). The molecule has 0 fully saturated rings. The predicted molar refractivity (Wildman–Crippen MR) is 49.7 cm³/mol. The van der Waals surface area contributed by atoms with Crippen molar-refractivity contribution in [2.24, 2.45) is 0 Å². The zero-order valence-corrected chi connectivity index (χ0v) is 8.72. The van der Waals surface area contributed by atoms with Crippen molar-refractivity contribution < 1.29 is 0 Å². The van der Waals surface area contributed by atoms with Gasteiger partial charge in [0.25, 0.3) is 0 Å².